The fourth-order valence-corrected chi connectivity index (χ4v) is 3.11. The number of hydrogen-bond acceptors (Lipinski definition) is 4. The van der Waals surface area contributed by atoms with E-state index >= 15 is 0 Å². The molecule has 0 spiro atoms. The van der Waals surface area contributed by atoms with Crippen LogP contribution in [0.2, 0.25) is 0 Å². The SMILES string of the molecule is CN1C(=O)N(C)[C@@H]2SC(=NCc3ccccc3)NN2C1=O. The van der Waals surface area contributed by atoms with Gasteiger partial charge in [-0.05, 0) is 17.3 Å². The van der Waals surface area contributed by atoms with Crippen LogP contribution in [0.5, 0.6) is 0 Å². The molecule has 7 nitrogen and oxygen atoms in total. The van der Waals surface area contributed by atoms with Crippen LogP contribution in [0.25, 0.3) is 0 Å². The highest BCUT2D eigenvalue weighted by molar-refractivity contribution is 8.14. The molecule has 2 aliphatic rings. The van der Waals surface area contributed by atoms with Gasteiger partial charge in [0.05, 0.1) is 6.54 Å². The number of rotatable bonds is 2. The largest absolute Gasteiger partial charge is 0.349 e. The van der Waals surface area contributed by atoms with Crippen LogP contribution in [0, 0.1) is 0 Å². The number of carbonyl (C=O) groups excluding carboxylic acids is 2. The summed E-state index contributed by atoms with van der Waals surface area (Å²) in [5, 5.41) is 2.04. The van der Waals surface area contributed by atoms with E-state index in [2.05, 4.69) is 10.4 Å². The lowest BCUT2D eigenvalue weighted by Crippen LogP contribution is -2.63. The highest BCUT2D eigenvalue weighted by Crippen LogP contribution is 2.30. The molecular formula is C13H15N5O2S. The predicted octanol–water partition coefficient (Wildman–Crippen LogP) is 1.50. The van der Waals surface area contributed by atoms with Gasteiger partial charge >= 0.3 is 12.1 Å². The molecule has 0 radical (unpaired) electrons. The van der Waals surface area contributed by atoms with Gasteiger partial charge in [-0.25, -0.2) is 19.5 Å². The number of nitrogens with zero attached hydrogens (tertiary/aromatic N) is 4. The lowest BCUT2D eigenvalue weighted by atomic mass is 10.2. The average molecular weight is 305 g/mol. The van der Waals surface area contributed by atoms with Crippen LogP contribution in [0.15, 0.2) is 35.3 Å². The van der Waals surface area contributed by atoms with Gasteiger partial charge in [-0.2, -0.15) is 0 Å². The number of nitrogens with one attached hydrogen (secondary N) is 1. The topological polar surface area (TPSA) is 68.2 Å². The first-order chi connectivity index (χ1) is 10.1. The highest BCUT2D eigenvalue weighted by Gasteiger charge is 2.46. The van der Waals surface area contributed by atoms with Crippen molar-refractivity contribution >= 4 is 29.0 Å². The van der Waals surface area contributed by atoms with E-state index in [9.17, 15) is 9.59 Å². The number of thioether (sulfide) groups is 1. The number of hydrogen-bond donors (Lipinski definition) is 1. The summed E-state index contributed by atoms with van der Waals surface area (Å²) in [6.45, 7) is 0.526. The molecule has 1 N–H and O–H groups in total. The second kappa shape index (κ2) is 5.28. The van der Waals surface area contributed by atoms with Crippen molar-refractivity contribution in [2.24, 2.45) is 4.99 Å². The molecule has 0 aliphatic carbocycles. The molecule has 0 aromatic heterocycles. The Bertz CT molecular complexity index is 606. The number of hydrazine groups is 1. The molecule has 8 heteroatoms. The number of carbonyl (C=O) groups is 2. The van der Waals surface area contributed by atoms with E-state index in [1.54, 1.807) is 7.05 Å². The summed E-state index contributed by atoms with van der Waals surface area (Å²) in [6.07, 6.45) is 0. The zero-order chi connectivity index (χ0) is 15.0. The Labute approximate surface area is 126 Å². The van der Waals surface area contributed by atoms with Gasteiger partial charge in [-0.15, -0.1) is 0 Å². The molecule has 0 bridgehead atoms. The van der Waals surface area contributed by atoms with Crippen molar-refractivity contribution in [3.8, 4) is 0 Å². The lowest BCUT2D eigenvalue weighted by Gasteiger charge is -2.38. The number of fused-ring (bicyclic) bond motifs is 1. The quantitative estimate of drug-likeness (QED) is 0.899. The van der Waals surface area contributed by atoms with Crippen molar-refractivity contribution < 1.29 is 9.59 Å². The highest BCUT2D eigenvalue weighted by atomic mass is 32.2. The monoisotopic (exact) mass is 305 g/mol. The van der Waals surface area contributed by atoms with E-state index in [-0.39, 0.29) is 12.1 Å². The molecule has 0 unspecified atom stereocenters. The Morgan fingerprint density at radius 2 is 1.90 bits per heavy atom. The Morgan fingerprint density at radius 1 is 1.19 bits per heavy atom. The Hall–Kier alpha value is -2.22. The summed E-state index contributed by atoms with van der Waals surface area (Å²) in [7, 11) is 3.13. The fourth-order valence-electron chi connectivity index (χ4n) is 2.13. The first-order valence-electron chi connectivity index (χ1n) is 6.43. The van der Waals surface area contributed by atoms with Crippen LogP contribution in [-0.4, -0.2) is 51.6 Å². The molecule has 1 aromatic rings. The summed E-state index contributed by atoms with van der Waals surface area (Å²) in [6, 6.07) is 9.16. The van der Waals surface area contributed by atoms with Gasteiger partial charge < -0.3 is 0 Å². The number of imide groups is 1. The van der Waals surface area contributed by atoms with Gasteiger partial charge in [0.2, 0.25) is 0 Å². The normalized spacial score (nSPS) is 23.6. The average Bonchev–Trinajstić information content (AvgIpc) is 2.94. The van der Waals surface area contributed by atoms with E-state index in [0.717, 1.165) is 10.5 Å². The summed E-state index contributed by atoms with van der Waals surface area (Å²) >= 11 is 1.35. The van der Waals surface area contributed by atoms with Crippen LogP contribution in [0.1, 0.15) is 5.56 Å². The molecule has 1 aromatic carbocycles. The summed E-state index contributed by atoms with van der Waals surface area (Å²) in [4.78, 5) is 31.0. The first-order valence-corrected chi connectivity index (χ1v) is 7.31. The van der Waals surface area contributed by atoms with Crippen molar-refractivity contribution in [1.29, 1.82) is 0 Å². The van der Waals surface area contributed by atoms with Gasteiger partial charge in [0.1, 0.15) is 0 Å². The van der Waals surface area contributed by atoms with Crippen LogP contribution in [-0.2, 0) is 6.54 Å². The second-order valence-corrected chi connectivity index (χ2v) is 5.81. The summed E-state index contributed by atoms with van der Waals surface area (Å²) in [5.41, 5.74) is 3.65. The molecule has 21 heavy (non-hydrogen) atoms. The maximum absolute atomic E-state index is 12.1. The Kier molecular flexibility index (Phi) is 3.46. The molecule has 2 fully saturated rings. The third-order valence-corrected chi connectivity index (χ3v) is 4.50. The van der Waals surface area contributed by atoms with Gasteiger partial charge in [0, 0.05) is 14.1 Å². The van der Waals surface area contributed by atoms with E-state index in [4.69, 9.17) is 0 Å². The minimum Gasteiger partial charge on any atom is -0.296 e. The zero-order valence-corrected chi connectivity index (χ0v) is 12.5. The van der Waals surface area contributed by atoms with Crippen LogP contribution < -0.4 is 5.43 Å². The molecule has 2 aliphatic heterocycles. The molecule has 110 valence electrons. The van der Waals surface area contributed by atoms with E-state index in [0.29, 0.717) is 11.7 Å². The summed E-state index contributed by atoms with van der Waals surface area (Å²) < 4.78 is 0. The number of urea groups is 2. The third kappa shape index (κ3) is 2.42. The molecule has 1 atom stereocenters. The van der Waals surface area contributed by atoms with Gasteiger partial charge in [-0.3, -0.25) is 15.3 Å². The third-order valence-electron chi connectivity index (χ3n) is 3.32. The van der Waals surface area contributed by atoms with Crippen molar-refractivity contribution in [2.45, 2.75) is 12.0 Å². The minimum atomic E-state index is -0.393. The molecular weight excluding hydrogens is 290 g/mol. The van der Waals surface area contributed by atoms with E-state index < -0.39 is 5.50 Å². The molecule has 3 rings (SSSR count). The molecule has 4 amide bonds. The number of benzene rings is 1. The lowest BCUT2D eigenvalue weighted by molar-refractivity contribution is 0.0758. The molecule has 2 heterocycles. The maximum Gasteiger partial charge on any atom is 0.349 e. The van der Waals surface area contributed by atoms with Crippen LogP contribution >= 0.6 is 11.8 Å². The van der Waals surface area contributed by atoms with Gasteiger partial charge in [0.15, 0.2) is 10.7 Å². The van der Waals surface area contributed by atoms with Gasteiger partial charge in [0.25, 0.3) is 0 Å². The molecule has 0 saturated carbocycles. The van der Waals surface area contributed by atoms with Crippen molar-refractivity contribution in [2.75, 3.05) is 14.1 Å². The zero-order valence-electron chi connectivity index (χ0n) is 11.7. The Balaban J connectivity index is 1.75. The number of aliphatic imine (C=N–C) groups is 1. The number of amidine groups is 1. The van der Waals surface area contributed by atoms with E-state index in [1.807, 2.05) is 30.3 Å². The minimum absolute atomic E-state index is 0.320. The first kappa shape index (κ1) is 13.7. The Morgan fingerprint density at radius 3 is 2.62 bits per heavy atom. The number of amides is 4. The van der Waals surface area contributed by atoms with Crippen LogP contribution in [0.3, 0.4) is 0 Å². The van der Waals surface area contributed by atoms with E-state index in [1.165, 1.54) is 28.7 Å². The predicted molar refractivity (Wildman–Crippen MR) is 80.3 cm³/mol. The van der Waals surface area contributed by atoms with Crippen molar-refractivity contribution in [3.63, 3.8) is 0 Å². The maximum atomic E-state index is 12.1. The second-order valence-electron chi connectivity index (χ2n) is 4.77. The van der Waals surface area contributed by atoms with Gasteiger partial charge in [-0.1, -0.05) is 30.3 Å². The van der Waals surface area contributed by atoms with Crippen molar-refractivity contribution in [3.05, 3.63) is 35.9 Å². The standard InChI is InChI=1S/C13H15N5O2S/c1-16-11(19)17(2)13-18(12(16)20)15-10(21-13)14-8-9-6-4-3-5-7-9/h3-7,13H,8H2,1-2H3,(H,14,15)/t13-/m0/s1. The van der Waals surface area contributed by atoms with Crippen molar-refractivity contribution in [1.82, 2.24) is 20.2 Å². The van der Waals surface area contributed by atoms with Crippen LogP contribution in [0.4, 0.5) is 9.59 Å². The fraction of sp³-hybridized carbons (Fsp3) is 0.308. The summed E-state index contributed by atoms with van der Waals surface area (Å²) in [5.74, 6) is 0. The smallest absolute Gasteiger partial charge is 0.296 e. The molecule has 2 saturated heterocycles.